The van der Waals surface area contributed by atoms with Gasteiger partial charge in [0.1, 0.15) is 0 Å². The highest BCUT2D eigenvalue weighted by Crippen LogP contribution is 2.46. The number of aromatic hydroxyl groups is 1. The topological polar surface area (TPSA) is 61.1 Å². The number of furan rings is 1. The molecule has 0 aliphatic carbocycles. The summed E-state index contributed by atoms with van der Waals surface area (Å²) in [5.41, 5.74) is 2.14. The highest BCUT2D eigenvalue weighted by Gasteiger charge is 2.19. The third-order valence-electron chi connectivity index (χ3n) is 3.59. The van der Waals surface area contributed by atoms with Gasteiger partial charge in [0.2, 0.25) is 5.75 Å². The number of benzene rings is 2. The second kappa shape index (κ2) is 5.52. The lowest BCUT2D eigenvalue weighted by molar-refractivity contribution is 0.325. The Hall–Kier alpha value is -2.82. The van der Waals surface area contributed by atoms with E-state index >= 15 is 0 Å². The van der Waals surface area contributed by atoms with Gasteiger partial charge in [-0.15, -0.1) is 0 Å². The molecule has 0 fully saturated rings. The standard InChI is InChI=1S/C17H16O5/c1-19-14-7-5-11(16(20-2)17(14)21-3)10-4-6-13(18)15-12(10)8-9-22-15/h4-9,18H,1-3H3. The van der Waals surface area contributed by atoms with Crippen molar-refractivity contribution in [2.24, 2.45) is 0 Å². The number of fused-ring (bicyclic) bond motifs is 1. The zero-order valence-corrected chi connectivity index (χ0v) is 12.5. The van der Waals surface area contributed by atoms with Crippen LogP contribution in [0.1, 0.15) is 0 Å². The van der Waals surface area contributed by atoms with Crippen molar-refractivity contribution in [2.45, 2.75) is 0 Å². The molecule has 2 aromatic carbocycles. The maximum Gasteiger partial charge on any atom is 0.203 e. The zero-order valence-electron chi connectivity index (χ0n) is 12.5. The molecule has 1 N–H and O–H groups in total. The van der Waals surface area contributed by atoms with Crippen LogP contribution >= 0.6 is 0 Å². The van der Waals surface area contributed by atoms with Crippen molar-refractivity contribution < 1.29 is 23.7 Å². The lowest BCUT2D eigenvalue weighted by Gasteiger charge is -2.16. The molecule has 5 nitrogen and oxygen atoms in total. The van der Waals surface area contributed by atoms with E-state index in [0.717, 1.165) is 16.5 Å². The van der Waals surface area contributed by atoms with Gasteiger partial charge in [0, 0.05) is 10.9 Å². The second-order valence-corrected chi connectivity index (χ2v) is 4.68. The van der Waals surface area contributed by atoms with Crippen molar-refractivity contribution in [1.82, 2.24) is 0 Å². The Labute approximate surface area is 127 Å². The van der Waals surface area contributed by atoms with Crippen molar-refractivity contribution in [2.75, 3.05) is 21.3 Å². The summed E-state index contributed by atoms with van der Waals surface area (Å²) in [7, 11) is 4.72. The van der Waals surface area contributed by atoms with Gasteiger partial charge in [-0.05, 0) is 35.9 Å². The van der Waals surface area contributed by atoms with E-state index in [2.05, 4.69) is 0 Å². The Kier molecular flexibility index (Phi) is 3.55. The van der Waals surface area contributed by atoms with E-state index in [1.165, 1.54) is 0 Å². The Morgan fingerprint density at radius 1 is 0.818 bits per heavy atom. The molecule has 0 saturated carbocycles. The first kappa shape index (κ1) is 14.1. The van der Waals surface area contributed by atoms with E-state index in [9.17, 15) is 5.11 Å². The fourth-order valence-electron chi connectivity index (χ4n) is 2.60. The maximum absolute atomic E-state index is 9.87. The van der Waals surface area contributed by atoms with Crippen LogP contribution in [0.3, 0.4) is 0 Å². The van der Waals surface area contributed by atoms with Crippen LogP contribution < -0.4 is 14.2 Å². The Morgan fingerprint density at radius 3 is 2.23 bits per heavy atom. The summed E-state index contributed by atoms with van der Waals surface area (Å²) in [5, 5.41) is 10.7. The SMILES string of the molecule is COc1ccc(-c2ccc(O)c3occc23)c(OC)c1OC. The van der Waals surface area contributed by atoms with Crippen LogP contribution in [-0.2, 0) is 0 Å². The molecule has 3 aromatic rings. The van der Waals surface area contributed by atoms with E-state index in [-0.39, 0.29) is 5.75 Å². The van der Waals surface area contributed by atoms with E-state index in [1.54, 1.807) is 39.7 Å². The first-order valence-electron chi connectivity index (χ1n) is 6.69. The van der Waals surface area contributed by atoms with Crippen molar-refractivity contribution in [3.05, 3.63) is 36.6 Å². The van der Waals surface area contributed by atoms with Gasteiger partial charge >= 0.3 is 0 Å². The molecule has 0 radical (unpaired) electrons. The van der Waals surface area contributed by atoms with Gasteiger partial charge in [-0.25, -0.2) is 0 Å². The van der Waals surface area contributed by atoms with Gasteiger partial charge in [-0.1, -0.05) is 0 Å². The van der Waals surface area contributed by atoms with Crippen molar-refractivity contribution in [1.29, 1.82) is 0 Å². The Bertz CT molecular complexity index is 819. The third-order valence-corrected chi connectivity index (χ3v) is 3.59. The highest BCUT2D eigenvalue weighted by atomic mass is 16.5. The molecule has 0 aliphatic heterocycles. The summed E-state index contributed by atoms with van der Waals surface area (Å²) in [4.78, 5) is 0. The van der Waals surface area contributed by atoms with Crippen LogP contribution in [0.15, 0.2) is 41.0 Å². The molecule has 114 valence electrons. The number of methoxy groups -OCH3 is 3. The van der Waals surface area contributed by atoms with Crippen LogP contribution in [0, 0.1) is 0 Å². The molecule has 0 amide bonds. The monoisotopic (exact) mass is 300 g/mol. The summed E-state index contributed by atoms with van der Waals surface area (Å²) < 4.78 is 21.6. The molecule has 0 bridgehead atoms. The van der Waals surface area contributed by atoms with Gasteiger partial charge in [0.15, 0.2) is 22.8 Å². The van der Waals surface area contributed by atoms with Gasteiger partial charge in [-0.3, -0.25) is 0 Å². The predicted octanol–water partition coefficient (Wildman–Crippen LogP) is 3.83. The highest BCUT2D eigenvalue weighted by molar-refractivity contribution is 5.99. The van der Waals surface area contributed by atoms with Gasteiger partial charge in [0.05, 0.1) is 27.6 Å². The summed E-state index contributed by atoms with van der Waals surface area (Å²) in [5.74, 6) is 1.77. The molecular formula is C17H16O5. The van der Waals surface area contributed by atoms with Crippen molar-refractivity contribution in [3.63, 3.8) is 0 Å². The Morgan fingerprint density at radius 2 is 1.55 bits per heavy atom. The van der Waals surface area contributed by atoms with E-state index in [4.69, 9.17) is 18.6 Å². The normalized spacial score (nSPS) is 10.7. The molecular weight excluding hydrogens is 284 g/mol. The number of rotatable bonds is 4. The minimum Gasteiger partial charge on any atom is -0.504 e. The van der Waals surface area contributed by atoms with Gasteiger partial charge in [-0.2, -0.15) is 0 Å². The summed E-state index contributed by atoms with van der Waals surface area (Å²) >= 11 is 0. The Balaban J connectivity index is 2.31. The van der Waals surface area contributed by atoms with Crippen LogP contribution in [0.25, 0.3) is 22.1 Å². The van der Waals surface area contributed by atoms with Crippen LogP contribution in [-0.4, -0.2) is 26.4 Å². The lowest BCUT2D eigenvalue weighted by Crippen LogP contribution is -1.97. The minimum atomic E-state index is 0.100. The maximum atomic E-state index is 9.87. The summed E-state index contributed by atoms with van der Waals surface area (Å²) in [6.07, 6.45) is 1.54. The number of phenolic OH excluding ortho intramolecular Hbond substituents is 1. The van der Waals surface area contributed by atoms with Crippen LogP contribution in [0.2, 0.25) is 0 Å². The molecule has 5 heteroatoms. The van der Waals surface area contributed by atoms with Crippen LogP contribution in [0.5, 0.6) is 23.0 Å². The van der Waals surface area contributed by atoms with Gasteiger partial charge in [0.25, 0.3) is 0 Å². The average Bonchev–Trinajstić information content (AvgIpc) is 3.04. The number of ether oxygens (including phenoxy) is 3. The molecule has 22 heavy (non-hydrogen) atoms. The average molecular weight is 300 g/mol. The number of hydrogen-bond donors (Lipinski definition) is 1. The largest absolute Gasteiger partial charge is 0.504 e. The van der Waals surface area contributed by atoms with Gasteiger partial charge < -0.3 is 23.7 Å². The third kappa shape index (κ3) is 2.02. The van der Waals surface area contributed by atoms with Crippen molar-refractivity contribution in [3.8, 4) is 34.1 Å². The predicted molar refractivity (Wildman–Crippen MR) is 83.0 cm³/mol. The van der Waals surface area contributed by atoms with Crippen LogP contribution in [0.4, 0.5) is 0 Å². The molecule has 0 unspecified atom stereocenters. The fourth-order valence-corrected chi connectivity index (χ4v) is 2.60. The first-order valence-corrected chi connectivity index (χ1v) is 6.69. The van der Waals surface area contributed by atoms with Crippen molar-refractivity contribution >= 4 is 11.0 Å². The first-order chi connectivity index (χ1) is 10.7. The molecule has 1 aromatic heterocycles. The summed E-state index contributed by atoms with van der Waals surface area (Å²) in [6, 6.07) is 8.92. The lowest BCUT2D eigenvalue weighted by atomic mass is 10.00. The quantitative estimate of drug-likeness (QED) is 0.793. The smallest absolute Gasteiger partial charge is 0.203 e. The van der Waals surface area contributed by atoms with E-state index in [1.807, 2.05) is 18.2 Å². The molecule has 0 saturated heterocycles. The van der Waals surface area contributed by atoms with E-state index < -0.39 is 0 Å². The van der Waals surface area contributed by atoms with E-state index in [0.29, 0.717) is 22.8 Å². The molecule has 0 spiro atoms. The zero-order chi connectivity index (χ0) is 15.7. The summed E-state index contributed by atoms with van der Waals surface area (Å²) in [6.45, 7) is 0. The molecule has 0 aliphatic rings. The minimum absolute atomic E-state index is 0.100. The molecule has 1 heterocycles. The molecule has 0 atom stereocenters. The molecule has 3 rings (SSSR count). The number of phenols is 1. The number of hydrogen-bond acceptors (Lipinski definition) is 5. The fraction of sp³-hybridized carbons (Fsp3) is 0.176. The second-order valence-electron chi connectivity index (χ2n) is 4.68.